The molecule has 3 aromatic rings. The zero-order valence-corrected chi connectivity index (χ0v) is 18.0. The van der Waals surface area contributed by atoms with E-state index in [1.54, 1.807) is 6.20 Å². The van der Waals surface area contributed by atoms with Gasteiger partial charge in [0.15, 0.2) is 5.58 Å². The summed E-state index contributed by atoms with van der Waals surface area (Å²) in [6.07, 6.45) is 2.47. The highest BCUT2D eigenvalue weighted by Crippen LogP contribution is 2.38. The van der Waals surface area contributed by atoms with Crippen LogP contribution in [0.15, 0.2) is 28.1 Å². The third kappa shape index (κ3) is 3.31. The summed E-state index contributed by atoms with van der Waals surface area (Å²) in [4.78, 5) is 25.5. The Morgan fingerprint density at radius 1 is 1.33 bits per heavy atom. The van der Waals surface area contributed by atoms with E-state index in [2.05, 4.69) is 9.88 Å². The van der Waals surface area contributed by atoms with Crippen molar-refractivity contribution in [3.63, 3.8) is 0 Å². The van der Waals surface area contributed by atoms with Crippen molar-refractivity contribution in [2.24, 2.45) is 0 Å². The van der Waals surface area contributed by atoms with E-state index in [9.17, 15) is 9.90 Å². The van der Waals surface area contributed by atoms with Crippen molar-refractivity contribution in [3.05, 3.63) is 29.3 Å². The maximum atomic E-state index is 12.5. The molecule has 0 aliphatic carbocycles. The largest absolute Gasteiger partial charge is 0.444 e. The van der Waals surface area contributed by atoms with Gasteiger partial charge in [-0.15, -0.1) is 11.3 Å². The summed E-state index contributed by atoms with van der Waals surface area (Å²) in [5.41, 5.74) is 2.47. The lowest BCUT2D eigenvalue weighted by Gasteiger charge is -2.55. The molecule has 3 aliphatic heterocycles. The van der Waals surface area contributed by atoms with Crippen LogP contribution in [0.25, 0.3) is 21.7 Å². The predicted molar refractivity (Wildman–Crippen MR) is 114 cm³/mol. The van der Waals surface area contributed by atoms with E-state index in [1.165, 1.54) is 11.3 Å². The second-order valence-corrected chi connectivity index (χ2v) is 9.71. The summed E-state index contributed by atoms with van der Waals surface area (Å²) in [6.45, 7) is 6.88. The Bertz CT molecular complexity index is 1080. The van der Waals surface area contributed by atoms with Crippen LogP contribution in [0.2, 0.25) is 0 Å². The molecule has 0 radical (unpaired) electrons. The van der Waals surface area contributed by atoms with Crippen molar-refractivity contribution in [2.45, 2.75) is 51.5 Å². The van der Waals surface area contributed by atoms with E-state index in [-0.39, 0.29) is 24.8 Å². The Labute approximate surface area is 178 Å². The molecule has 158 valence electrons. The number of piperidine rings is 1. The Balaban J connectivity index is 1.41. The molecular weight excluding hydrogens is 404 g/mol. The molecule has 30 heavy (non-hydrogen) atoms. The van der Waals surface area contributed by atoms with Gasteiger partial charge in [-0.05, 0) is 44.9 Å². The van der Waals surface area contributed by atoms with Crippen molar-refractivity contribution in [1.82, 2.24) is 14.9 Å². The number of fused-ring (bicyclic) bond motifs is 3. The van der Waals surface area contributed by atoms with Crippen molar-refractivity contribution in [2.75, 3.05) is 18.0 Å². The summed E-state index contributed by atoms with van der Waals surface area (Å²) >= 11 is 1.52. The van der Waals surface area contributed by atoms with Gasteiger partial charge in [-0.1, -0.05) is 0 Å². The van der Waals surface area contributed by atoms with Crippen LogP contribution in [0.1, 0.15) is 32.8 Å². The van der Waals surface area contributed by atoms with Gasteiger partial charge in [0.1, 0.15) is 16.1 Å². The van der Waals surface area contributed by atoms with Crippen LogP contribution in [0, 0.1) is 0 Å². The van der Waals surface area contributed by atoms with Crippen molar-refractivity contribution in [3.8, 4) is 10.6 Å². The summed E-state index contributed by atoms with van der Waals surface area (Å²) in [5.74, 6) is 0. The Morgan fingerprint density at radius 3 is 2.73 bits per heavy atom. The number of benzene rings is 1. The smallest absolute Gasteiger partial charge is 0.410 e. The maximum absolute atomic E-state index is 12.5. The number of thiazole rings is 1. The molecule has 6 rings (SSSR count). The first kappa shape index (κ1) is 19.3. The van der Waals surface area contributed by atoms with E-state index < -0.39 is 5.60 Å². The number of amides is 1. The van der Waals surface area contributed by atoms with Gasteiger partial charge in [-0.25, -0.2) is 9.78 Å². The monoisotopic (exact) mass is 428 g/mol. The fraction of sp³-hybridized carbons (Fsp3) is 0.476. The molecule has 2 bridgehead atoms. The van der Waals surface area contributed by atoms with Gasteiger partial charge in [-0.3, -0.25) is 4.90 Å². The number of aliphatic hydroxyl groups excluding tert-OH is 1. The Hall–Kier alpha value is -2.65. The number of carbonyl (C=O) groups excluding carboxylic acids is 1. The number of carbonyl (C=O) groups is 1. The Morgan fingerprint density at radius 2 is 2.10 bits per heavy atom. The molecule has 1 N–H and O–H groups in total. The fourth-order valence-corrected chi connectivity index (χ4v) is 4.85. The highest BCUT2D eigenvalue weighted by molar-refractivity contribution is 7.13. The van der Waals surface area contributed by atoms with E-state index in [4.69, 9.17) is 14.1 Å². The summed E-state index contributed by atoms with van der Waals surface area (Å²) in [5, 5.41) is 12.4. The number of ether oxygens (including phenoxy) is 1. The van der Waals surface area contributed by atoms with E-state index in [0.29, 0.717) is 30.2 Å². The van der Waals surface area contributed by atoms with Crippen molar-refractivity contribution >= 4 is 34.5 Å². The zero-order valence-electron chi connectivity index (χ0n) is 17.2. The van der Waals surface area contributed by atoms with Gasteiger partial charge in [0, 0.05) is 24.7 Å². The number of hydrogen-bond donors (Lipinski definition) is 1. The molecule has 9 heteroatoms. The molecule has 0 saturated carbocycles. The molecule has 2 unspecified atom stereocenters. The van der Waals surface area contributed by atoms with Gasteiger partial charge in [0.2, 0.25) is 0 Å². The van der Waals surface area contributed by atoms with Gasteiger partial charge >= 0.3 is 6.09 Å². The number of nitrogens with zero attached hydrogens (tertiary/aromatic N) is 4. The van der Waals surface area contributed by atoms with E-state index >= 15 is 0 Å². The second-order valence-electron chi connectivity index (χ2n) is 8.82. The second kappa shape index (κ2) is 6.95. The van der Waals surface area contributed by atoms with E-state index in [0.717, 1.165) is 22.6 Å². The van der Waals surface area contributed by atoms with Crippen LogP contribution >= 0.6 is 11.3 Å². The molecular formula is C21H24N4O4S. The number of rotatable bonds is 3. The molecule has 1 aromatic carbocycles. The quantitative estimate of drug-likeness (QED) is 0.681. The third-order valence-electron chi connectivity index (χ3n) is 5.45. The highest BCUT2D eigenvalue weighted by atomic mass is 32.1. The third-order valence-corrected chi connectivity index (χ3v) is 6.26. The first-order valence-corrected chi connectivity index (χ1v) is 10.9. The number of anilines is 1. The lowest BCUT2D eigenvalue weighted by atomic mass is 9.88. The van der Waals surface area contributed by atoms with Crippen LogP contribution in [0.5, 0.6) is 0 Å². The van der Waals surface area contributed by atoms with Gasteiger partial charge in [0.05, 0.1) is 24.3 Å². The number of piperazine rings is 1. The lowest BCUT2D eigenvalue weighted by Crippen LogP contribution is -2.70. The first-order valence-electron chi connectivity index (χ1n) is 10.0. The predicted octanol–water partition coefficient (Wildman–Crippen LogP) is 3.64. The fourth-order valence-electron chi connectivity index (χ4n) is 4.20. The number of aliphatic hydroxyl groups is 1. The van der Waals surface area contributed by atoms with Crippen LogP contribution in [0.3, 0.4) is 0 Å². The SMILES string of the molecule is CC(C)(C)OC(=O)N1C2CC1CN(c1nc3cc(CO)cc(-c4nccs4)c3o1)C2. The highest BCUT2D eigenvalue weighted by Gasteiger charge is 2.49. The molecule has 0 spiro atoms. The molecule has 8 nitrogen and oxygen atoms in total. The minimum atomic E-state index is -0.502. The molecule has 1 amide bonds. The Kier molecular flexibility index (Phi) is 4.48. The maximum Gasteiger partial charge on any atom is 0.410 e. The molecule has 2 atom stereocenters. The molecule has 3 saturated heterocycles. The number of hydrogen-bond acceptors (Lipinski definition) is 8. The van der Waals surface area contributed by atoms with Crippen LogP contribution in [-0.4, -0.2) is 56.8 Å². The minimum absolute atomic E-state index is 0.0742. The van der Waals surface area contributed by atoms with Crippen LogP contribution < -0.4 is 4.90 Å². The first-order chi connectivity index (χ1) is 14.3. The summed E-state index contributed by atoms with van der Waals surface area (Å²) < 4.78 is 11.7. The van der Waals surface area contributed by atoms with Crippen LogP contribution in [-0.2, 0) is 11.3 Å². The summed E-state index contributed by atoms with van der Waals surface area (Å²) in [6, 6.07) is 4.47. The molecule has 5 heterocycles. The minimum Gasteiger partial charge on any atom is -0.444 e. The van der Waals surface area contributed by atoms with Crippen molar-refractivity contribution < 1.29 is 19.1 Å². The standard InChI is InChI=1S/C21H24N4O4S/c1-21(2,3)29-20(27)25-13-8-14(25)10-24(9-13)19-23-16-7-12(11-26)6-15(17(16)28-19)18-22-4-5-30-18/h4-7,13-14,26H,8-11H2,1-3H3. The molecule has 3 aliphatic rings. The number of oxazole rings is 1. The molecule has 3 fully saturated rings. The van der Waals surface area contributed by atoms with Gasteiger partial charge in [-0.2, -0.15) is 4.98 Å². The number of aromatic nitrogens is 2. The average Bonchev–Trinajstić information content (AvgIpc) is 3.35. The van der Waals surface area contributed by atoms with Crippen LogP contribution in [0.4, 0.5) is 10.8 Å². The molecule has 2 aromatic heterocycles. The normalized spacial score (nSPS) is 21.1. The zero-order chi connectivity index (χ0) is 21.0. The van der Waals surface area contributed by atoms with Gasteiger partial charge < -0.3 is 19.2 Å². The van der Waals surface area contributed by atoms with Crippen molar-refractivity contribution in [1.29, 1.82) is 0 Å². The van der Waals surface area contributed by atoms with Gasteiger partial charge in [0.25, 0.3) is 6.01 Å². The summed E-state index contributed by atoms with van der Waals surface area (Å²) in [7, 11) is 0. The van der Waals surface area contributed by atoms with E-state index in [1.807, 2.05) is 43.2 Å². The topological polar surface area (TPSA) is 91.9 Å². The average molecular weight is 429 g/mol. The lowest BCUT2D eigenvalue weighted by molar-refractivity contribution is -0.0386.